The van der Waals surface area contributed by atoms with Gasteiger partial charge in [-0.15, -0.1) is 0 Å². The van der Waals surface area contributed by atoms with Crippen LogP contribution in [0.5, 0.6) is 0 Å². The first-order valence-electron chi connectivity index (χ1n) is 9.36. The summed E-state index contributed by atoms with van der Waals surface area (Å²) < 4.78 is 33.4. The Balaban J connectivity index is 1.85. The van der Waals surface area contributed by atoms with Crippen molar-refractivity contribution in [2.45, 2.75) is 63.8 Å². The summed E-state index contributed by atoms with van der Waals surface area (Å²) in [4.78, 5) is 0.348. The summed E-state index contributed by atoms with van der Waals surface area (Å²) in [5, 5.41) is 4.09. The van der Waals surface area contributed by atoms with Gasteiger partial charge in [-0.2, -0.15) is 4.31 Å². The molecule has 0 amide bonds. The normalized spacial score (nSPS) is 18.9. The molecular formula is C20H28N2O3S. The van der Waals surface area contributed by atoms with E-state index in [1.807, 2.05) is 32.0 Å². The molecule has 5 nitrogen and oxygen atoms in total. The highest BCUT2D eigenvalue weighted by Crippen LogP contribution is 2.37. The molecule has 142 valence electrons. The number of nitrogens with zero attached hydrogens (tertiary/aromatic N) is 2. The van der Waals surface area contributed by atoms with Crippen LogP contribution in [0.25, 0.3) is 0 Å². The molecule has 0 N–H and O–H groups in total. The second-order valence-electron chi connectivity index (χ2n) is 7.82. The van der Waals surface area contributed by atoms with E-state index in [1.165, 1.54) is 0 Å². The van der Waals surface area contributed by atoms with Crippen LogP contribution >= 0.6 is 0 Å². The molecule has 1 unspecified atom stereocenters. The summed E-state index contributed by atoms with van der Waals surface area (Å²) in [6.45, 7) is 8.91. The van der Waals surface area contributed by atoms with Crippen LogP contribution in [0.3, 0.4) is 0 Å². The molecule has 0 aliphatic carbocycles. The summed E-state index contributed by atoms with van der Waals surface area (Å²) in [6, 6.07) is 8.92. The van der Waals surface area contributed by atoms with Crippen LogP contribution < -0.4 is 0 Å². The maximum Gasteiger partial charge on any atom is 0.243 e. The first kappa shape index (κ1) is 19.1. The third-order valence-corrected chi connectivity index (χ3v) is 6.77. The minimum Gasteiger partial charge on any atom is -0.359 e. The maximum atomic E-state index is 13.2. The van der Waals surface area contributed by atoms with Crippen molar-refractivity contribution in [3.05, 3.63) is 47.3 Å². The Bertz CT molecular complexity index is 838. The molecule has 1 saturated heterocycles. The van der Waals surface area contributed by atoms with Gasteiger partial charge in [-0.1, -0.05) is 45.0 Å². The standard InChI is InChI=1S/C20H28N2O3S/c1-14(2)12-16-7-9-17(10-8-16)26(23,24)22-11-5-6-19(22)20-13-18(15(3)4)21-25-20/h7-10,13-15,19H,5-6,11-12H2,1-4H3. The summed E-state index contributed by atoms with van der Waals surface area (Å²) >= 11 is 0. The van der Waals surface area contributed by atoms with Crippen molar-refractivity contribution in [1.29, 1.82) is 0 Å². The summed E-state index contributed by atoms with van der Waals surface area (Å²) in [6.07, 6.45) is 2.53. The molecule has 0 saturated carbocycles. The van der Waals surface area contributed by atoms with E-state index in [0.29, 0.717) is 23.1 Å². The molecule has 0 radical (unpaired) electrons. The van der Waals surface area contributed by atoms with Gasteiger partial charge in [0.15, 0.2) is 5.76 Å². The van der Waals surface area contributed by atoms with Gasteiger partial charge in [0.2, 0.25) is 10.0 Å². The lowest BCUT2D eigenvalue weighted by Gasteiger charge is -2.22. The number of sulfonamides is 1. The molecule has 1 aliphatic heterocycles. The topological polar surface area (TPSA) is 63.4 Å². The Hall–Kier alpha value is -1.66. The van der Waals surface area contributed by atoms with Gasteiger partial charge in [-0.25, -0.2) is 8.42 Å². The predicted molar refractivity (Wildman–Crippen MR) is 101 cm³/mol. The van der Waals surface area contributed by atoms with Crippen molar-refractivity contribution in [3.63, 3.8) is 0 Å². The van der Waals surface area contributed by atoms with Crippen molar-refractivity contribution >= 4 is 10.0 Å². The zero-order valence-electron chi connectivity index (χ0n) is 16.0. The molecule has 1 atom stereocenters. The smallest absolute Gasteiger partial charge is 0.243 e. The van der Waals surface area contributed by atoms with E-state index in [0.717, 1.165) is 30.5 Å². The van der Waals surface area contributed by atoms with Crippen LogP contribution in [-0.4, -0.2) is 24.4 Å². The van der Waals surface area contributed by atoms with Gasteiger partial charge in [-0.05, 0) is 48.8 Å². The third-order valence-electron chi connectivity index (χ3n) is 4.84. The molecule has 2 aromatic rings. The monoisotopic (exact) mass is 376 g/mol. The van der Waals surface area contributed by atoms with Gasteiger partial charge in [-0.3, -0.25) is 0 Å². The minimum atomic E-state index is -3.55. The average molecular weight is 377 g/mol. The summed E-state index contributed by atoms with van der Waals surface area (Å²) in [5.74, 6) is 1.45. The Morgan fingerprint density at radius 1 is 1.19 bits per heavy atom. The molecule has 0 spiro atoms. The van der Waals surface area contributed by atoms with Crippen LogP contribution in [0.2, 0.25) is 0 Å². The molecule has 1 aromatic carbocycles. The number of rotatable bonds is 6. The number of hydrogen-bond donors (Lipinski definition) is 0. The zero-order valence-corrected chi connectivity index (χ0v) is 16.8. The number of aromatic nitrogens is 1. The van der Waals surface area contributed by atoms with E-state index >= 15 is 0 Å². The van der Waals surface area contributed by atoms with E-state index in [-0.39, 0.29) is 12.0 Å². The zero-order chi connectivity index (χ0) is 18.9. The van der Waals surface area contributed by atoms with Crippen LogP contribution in [0.15, 0.2) is 39.8 Å². The first-order chi connectivity index (χ1) is 12.3. The fraction of sp³-hybridized carbons (Fsp3) is 0.550. The minimum absolute atomic E-state index is 0.257. The van der Waals surface area contributed by atoms with Crippen molar-refractivity contribution in [3.8, 4) is 0 Å². The fourth-order valence-corrected chi connectivity index (χ4v) is 5.11. The Morgan fingerprint density at radius 3 is 2.46 bits per heavy atom. The van der Waals surface area contributed by atoms with Crippen molar-refractivity contribution < 1.29 is 12.9 Å². The molecule has 2 heterocycles. The molecule has 26 heavy (non-hydrogen) atoms. The second-order valence-corrected chi connectivity index (χ2v) is 9.72. The second kappa shape index (κ2) is 7.53. The van der Waals surface area contributed by atoms with E-state index in [9.17, 15) is 8.42 Å². The quantitative estimate of drug-likeness (QED) is 0.743. The Morgan fingerprint density at radius 2 is 1.88 bits per heavy atom. The van der Waals surface area contributed by atoms with E-state index in [4.69, 9.17) is 4.52 Å². The lowest BCUT2D eigenvalue weighted by Crippen LogP contribution is -2.30. The van der Waals surface area contributed by atoms with E-state index in [2.05, 4.69) is 19.0 Å². The SMILES string of the molecule is CC(C)Cc1ccc(S(=O)(=O)N2CCCC2c2cc(C(C)C)no2)cc1. The van der Waals surface area contributed by atoms with E-state index in [1.54, 1.807) is 16.4 Å². The predicted octanol–water partition coefficient (Wildman–Crippen LogP) is 4.52. The highest BCUT2D eigenvalue weighted by atomic mass is 32.2. The highest BCUT2D eigenvalue weighted by molar-refractivity contribution is 7.89. The molecule has 1 fully saturated rings. The van der Waals surface area contributed by atoms with Crippen LogP contribution in [0.1, 0.15) is 69.5 Å². The molecule has 1 aromatic heterocycles. The van der Waals surface area contributed by atoms with Gasteiger partial charge in [0, 0.05) is 12.6 Å². The lowest BCUT2D eigenvalue weighted by atomic mass is 10.0. The molecule has 6 heteroatoms. The van der Waals surface area contributed by atoms with Gasteiger partial charge in [0.1, 0.15) is 0 Å². The highest BCUT2D eigenvalue weighted by Gasteiger charge is 2.38. The lowest BCUT2D eigenvalue weighted by molar-refractivity contribution is 0.295. The molecule has 3 rings (SSSR count). The first-order valence-corrected chi connectivity index (χ1v) is 10.8. The van der Waals surface area contributed by atoms with Gasteiger partial charge >= 0.3 is 0 Å². The van der Waals surface area contributed by atoms with Crippen LogP contribution in [0.4, 0.5) is 0 Å². The van der Waals surface area contributed by atoms with E-state index < -0.39 is 10.0 Å². The fourth-order valence-electron chi connectivity index (χ4n) is 3.45. The number of hydrogen-bond acceptors (Lipinski definition) is 4. The van der Waals surface area contributed by atoms with Crippen molar-refractivity contribution in [2.75, 3.05) is 6.54 Å². The van der Waals surface area contributed by atoms with Crippen LogP contribution in [0, 0.1) is 5.92 Å². The van der Waals surface area contributed by atoms with Gasteiger partial charge < -0.3 is 4.52 Å². The Labute approximate surface area is 156 Å². The molecular weight excluding hydrogens is 348 g/mol. The maximum absolute atomic E-state index is 13.2. The average Bonchev–Trinajstić information content (AvgIpc) is 3.24. The van der Waals surface area contributed by atoms with Gasteiger partial charge in [0.25, 0.3) is 0 Å². The molecule has 0 bridgehead atoms. The third kappa shape index (κ3) is 3.86. The van der Waals surface area contributed by atoms with Gasteiger partial charge in [0.05, 0.1) is 16.6 Å². The summed E-state index contributed by atoms with van der Waals surface area (Å²) in [5.41, 5.74) is 2.02. The number of benzene rings is 1. The van der Waals surface area contributed by atoms with Crippen molar-refractivity contribution in [1.82, 2.24) is 9.46 Å². The molecule has 1 aliphatic rings. The van der Waals surface area contributed by atoms with Crippen molar-refractivity contribution in [2.24, 2.45) is 5.92 Å². The summed E-state index contributed by atoms with van der Waals surface area (Å²) in [7, 11) is -3.55. The largest absolute Gasteiger partial charge is 0.359 e. The Kier molecular flexibility index (Phi) is 5.53. The van der Waals surface area contributed by atoms with Crippen LogP contribution in [-0.2, 0) is 16.4 Å².